The summed E-state index contributed by atoms with van der Waals surface area (Å²) in [5.41, 5.74) is 1.16. The van der Waals surface area contributed by atoms with E-state index in [1.807, 2.05) is 0 Å². The fourth-order valence-electron chi connectivity index (χ4n) is 2.60. The molecule has 2 heterocycles. The monoisotopic (exact) mass is 309 g/mol. The van der Waals surface area contributed by atoms with Crippen LogP contribution in [0.15, 0.2) is 0 Å². The summed E-state index contributed by atoms with van der Waals surface area (Å²) in [5.74, 6) is 0.114. The van der Waals surface area contributed by atoms with Crippen molar-refractivity contribution < 1.29 is 4.79 Å². The van der Waals surface area contributed by atoms with Crippen LogP contribution in [0.4, 0.5) is 5.13 Å². The number of thiazole rings is 1. The van der Waals surface area contributed by atoms with E-state index in [1.165, 1.54) is 37.0 Å². The summed E-state index contributed by atoms with van der Waals surface area (Å²) >= 11 is 1.61. The fourth-order valence-corrected chi connectivity index (χ4v) is 3.60. The van der Waals surface area contributed by atoms with Gasteiger partial charge in [-0.3, -0.25) is 4.79 Å². The molecule has 1 aliphatic rings. The minimum absolute atomic E-state index is 0.114. The molecule has 0 fully saturated rings. The molecule has 0 unspecified atom stereocenters. The van der Waals surface area contributed by atoms with Crippen LogP contribution >= 0.6 is 11.3 Å². The second-order valence-electron chi connectivity index (χ2n) is 5.74. The van der Waals surface area contributed by atoms with Crippen LogP contribution in [0, 0.1) is 0 Å². The Morgan fingerprint density at radius 2 is 2.00 bits per heavy atom. The maximum Gasteiger partial charge on any atom is 0.226 e. The second-order valence-corrected chi connectivity index (χ2v) is 6.82. The Morgan fingerprint density at radius 1 is 1.24 bits per heavy atom. The van der Waals surface area contributed by atoms with Gasteiger partial charge in [0.1, 0.15) is 0 Å². The lowest BCUT2D eigenvalue weighted by Crippen LogP contribution is -2.22. The molecular formula is C16H27N3OS. The molecule has 0 bridgehead atoms. The van der Waals surface area contributed by atoms with Gasteiger partial charge in [0, 0.05) is 30.8 Å². The number of aromatic nitrogens is 1. The standard InChI is InChI=1S/C16H27N3OS/c1-2-3-4-5-6-7-8-9-15(20)19-16-18-13-10-11-17-12-14(13)21-16/h17H,2-12H2,1H3,(H,18,19,20). The molecule has 5 heteroatoms. The van der Waals surface area contributed by atoms with Gasteiger partial charge in [0.15, 0.2) is 5.13 Å². The van der Waals surface area contributed by atoms with Crippen molar-refractivity contribution in [3.05, 3.63) is 10.6 Å². The zero-order valence-corrected chi connectivity index (χ0v) is 13.9. The molecule has 0 saturated carbocycles. The lowest BCUT2D eigenvalue weighted by atomic mass is 10.1. The molecule has 118 valence electrons. The van der Waals surface area contributed by atoms with E-state index in [-0.39, 0.29) is 5.91 Å². The van der Waals surface area contributed by atoms with E-state index >= 15 is 0 Å². The van der Waals surface area contributed by atoms with Crippen LogP contribution in [0.5, 0.6) is 0 Å². The summed E-state index contributed by atoms with van der Waals surface area (Å²) in [5, 5.41) is 7.05. The fraction of sp³-hybridized carbons (Fsp3) is 0.750. The molecular weight excluding hydrogens is 282 g/mol. The highest BCUT2D eigenvalue weighted by atomic mass is 32.1. The van der Waals surface area contributed by atoms with Gasteiger partial charge in [-0.2, -0.15) is 0 Å². The van der Waals surface area contributed by atoms with E-state index in [4.69, 9.17) is 0 Å². The molecule has 1 aliphatic heterocycles. The van der Waals surface area contributed by atoms with Crippen LogP contribution < -0.4 is 10.6 Å². The number of rotatable bonds is 9. The quantitative estimate of drug-likeness (QED) is 0.681. The number of nitrogens with one attached hydrogen (secondary N) is 2. The Balaban J connectivity index is 1.60. The van der Waals surface area contributed by atoms with E-state index in [0.717, 1.165) is 43.2 Å². The molecule has 21 heavy (non-hydrogen) atoms. The highest BCUT2D eigenvalue weighted by Gasteiger charge is 2.15. The van der Waals surface area contributed by atoms with Crippen LogP contribution in [0.25, 0.3) is 0 Å². The van der Waals surface area contributed by atoms with Gasteiger partial charge >= 0.3 is 0 Å². The molecule has 1 aromatic rings. The van der Waals surface area contributed by atoms with Gasteiger partial charge in [-0.15, -0.1) is 11.3 Å². The Kier molecular flexibility index (Phi) is 7.16. The third kappa shape index (κ3) is 5.75. The van der Waals surface area contributed by atoms with Crippen molar-refractivity contribution in [3.63, 3.8) is 0 Å². The van der Waals surface area contributed by atoms with Crippen molar-refractivity contribution in [2.24, 2.45) is 0 Å². The van der Waals surface area contributed by atoms with E-state index in [0.29, 0.717) is 6.42 Å². The predicted octanol–water partition coefficient (Wildman–Crippen LogP) is 3.87. The molecule has 4 nitrogen and oxygen atoms in total. The summed E-state index contributed by atoms with van der Waals surface area (Å²) < 4.78 is 0. The predicted molar refractivity (Wildman–Crippen MR) is 88.8 cm³/mol. The van der Waals surface area contributed by atoms with Crippen LogP contribution in [-0.4, -0.2) is 17.4 Å². The number of unbranched alkanes of at least 4 members (excludes halogenated alkanes) is 6. The molecule has 2 rings (SSSR count). The number of hydrogen-bond donors (Lipinski definition) is 2. The Hall–Kier alpha value is -0.940. The first-order valence-corrected chi connectivity index (χ1v) is 9.10. The lowest BCUT2D eigenvalue weighted by Gasteiger charge is -2.09. The maximum atomic E-state index is 11.9. The van der Waals surface area contributed by atoms with E-state index in [1.54, 1.807) is 11.3 Å². The van der Waals surface area contributed by atoms with Crippen molar-refractivity contribution in [1.82, 2.24) is 10.3 Å². The van der Waals surface area contributed by atoms with Crippen molar-refractivity contribution in [2.75, 3.05) is 11.9 Å². The van der Waals surface area contributed by atoms with Crippen LogP contribution in [0.1, 0.15) is 68.9 Å². The van der Waals surface area contributed by atoms with Gasteiger partial charge in [-0.25, -0.2) is 4.98 Å². The molecule has 0 aromatic carbocycles. The third-order valence-electron chi connectivity index (χ3n) is 3.86. The topological polar surface area (TPSA) is 54.0 Å². The largest absolute Gasteiger partial charge is 0.311 e. The SMILES string of the molecule is CCCCCCCCCC(=O)Nc1nc2c(s1)CNCC2. The Morgan fingerprint density at radius 3 is 2.76 bits per heavy atom. The number of hydrogen-bond acceptors (Lipinski definition) is 4. The van der Waals surface area contributed by atoms with Crippen LogP contribution in [0.2, 0.25) is 0 Å². The minimum Gasteiger partial charge on any atom is -0.311 e. The molecule has 2 N–H and O–H groups in total. The Bertz CT molecular complexity index is 421. The van der Waals surface area contributed by atoms with E-state index in [2.05, 4.69) is 22.5 Å². The molecule has 0 spiro atoms. The van der Waals surface area contributed by atoms with Gasteiger partial charge in [-0.05, 0) is 6.42 Å². The smallest absolute Gasteiger partial charge is 0.226 e. The summed E-state index contributed by atoms with van der Waals surface area (Å²) in [6.45, 7) is 4.11. The number of nitrogens with zero attached hydrogens (tertiary/aromatic N) is 1. The maximum absolute atomic E-state index is 11.9. The average Bonchev–Trinajstić information content (AvgIpc) is 2.88. The number of carbonyl (C=O) groups is 1. The molecule has 0 radical (unpaired) electrons. The molecule has 1 amide bonds. The van der Waals surface area contributed by atoms with Crippen LogP contribution in [0.3, 0.4) is 0 Å². The van der Waals surface area contributed by atoms with Gasteiger partial charge in [0.2, 0.25) is 5.91 Å². The van der Waals surface area contributed by atoms with Gasteiger partial charge in [-0.1, -0.05) is 45.4 Å². The number of carbonyl (C=O) groups excluding carboxylic acids is 1. The van der Waals surface area contributed by atoms with Crippen molar-refractivity contribution in [2.45, 2.75) is 71.3 Å². The van der Waals surface area contributed by atoms with Crippen molar-refractivity contribution in [1.29, 1.82) is 0 Å². The first-order valence-electron chi connectivity index (χ1n) is 8.28. The van der Waals surface area contributed by atoms with Crippen LogP contribution in [-0.2, 0) is 17.8 Å². The summed E-state index contributed by atoms with van der Waals surface area (Å²) in [6.07, 6.45) is 10.3. The average molecular weight is 309 g/mol. The number of amides is 1. The number of anilines is 1. The number of fused-ring (bicyclic) bond motifs is 1. The summed E-state index contributed by atoms with van der Waals surface area (Å²) in [4.78, 5) is 17.7. The second kappa shape index (κ2) is 9.15. The molecule has 0 saturated heterocycles. The summed E-state index contributed by atoms with van der Waals surface area (Å²) in [6, 6.07) is 0. The Labute approximate surface area is 131 Å². The molecule has 1 aromatic heterocycles. The minimum atomic E-state index is 0.114. The highest BCUT2D eigenvalue weighted by Crippen LogP contribution is 2.25. The summed E-state index contributed by atoms with van der Waals surface area (Å²) in [7, 11) is 0. The van der Waals surface area contributed by atoms with Gasteiger partial charge in [0.25, 0.3) is 0 Å². The van der Waals surface area contributed by atoms with E-state index < -0.39 is 0 Å². The first-order chi connectivity index (χ1) is 10.3. The molecule has 0 atom stereocenters. The highest BCUT2D eigenvalue weighted by molar-refractivity contribution is 7.15. The zero-order chi connectivity index (χ0) is 14.9. The first kappa shape index (κ1) is 16.4. The van der Waals surface area contributed by atoms with Crippen molar-refractivity contribution >= 4 is 22.4 Å². The normalized spacial score (nSPS) is 14.0. The van der Waals surface area contributed by atoms with Crippen molar-refractivity contribution in [3.8, 4) is 0 Å². The molecule has 0 aliphatic carbocycles. The lowest BCUT2D eigenvalue weighted by molar-refractivity contribution is -0.116. The van der Waals surface area contributed by atoms with E-state index in [9.17, 15) is 4.79 Å². The zero-order valence-electron chi connectivity index (χ0n) is 13.0. The third-order valence-corrected chi connectivity index (χ3v) is 4.87. The van der Waals surface area contributed by atoms with Gasteiger partial charge < -0.3 is 10.6 Å². The van der Waals surface area contributed by atoms with Gasteiger partial charge in [0.05, 0.1) is 5.69 Å².